The fourth-order valence-electron chi connectivity index (χ4n) is 2.62. The second-order valence-electron chi connectivity index (χ2n) is 5.81. The highest BCUT2D eigenvalue weighted by atomic mass is 19.4. The van der Waals surface area contributed by atoms with Gasteiger partial charge in [0.25, 0.3) is 5.56 Å². The number of carbonyl (C=O) groups excluding carboxylic acids is 1. The third-order valence-corrected chi connectivity index (χ3v) is 3.90. The number of anilines is 1. The van der Waals surface area contributed by atoms with Crippen LogP contribution in [0.25, 0.3) is 10.8 Å². The molecule has 0 radical (unpaired) electrons. The first-order chi connectivity index (χ1) is 12.8. The molecule has 140 valence electrons. The van der Waals surface area contributed by atoms with Gasteiger partial charge < -0.3 is 10.6 Å². The van der Waals surface area contributed by atoms with Crippen molar-refractivity contribution in [3.8, 4) is 0 Å². The van der Waals surface area contributed by atoms with Crippen LogP contribution in [-0.2, 0) is 19.8 Å². The van der Waals surface area contributed by atoms with Crippen LogP contribution in [0.1, 0.15) is 11.3 Å². The van der Waals surface area contributed by atoms with Gasteiger partial charge in [0.05, 0.1) is 23.2 Å². The smallest absolute Gasteiger partial charge is 0.332 e. The molecule has 0 saturated carbocycles. The third-order valence-electron chi connectivity index (χ3n) is 3.90. The van der Waals surface area contributed by atoms with Gasteiger partial charge >= 0.3 is 12.2 Å². The zero-order valence-corrected chi connectivity index (χ0v) is 14.2. The first-order valence-corrected chi connectivity index (χ1v) is 7.93. The van der Waals surface area contributed by atoms with Crippen molar-refractivity contribution in [2.24, 2.45) is 7.05 Å². The Bertz CT molecular complexity index is 1060. The number of aryl methyl sites for hydroxylation is 1. The van der Waals surface area contributed by atoms with Gasteiger partial charge in [-0.15, -0.1) is 0 Å². The molecule has 3 rings (SSSR count). The predicted molar refractivity (Wildman–Crippen MR) is 94.3 cm³/mol. The van der Waals surface area contributed by atoms with Gasteiger partial charge in [-0.1, -0.05) is 24.3 Å². The quantitative estimate of drug-likeness (QED) is 0.737. The molecule has 0 aliphatic heterocycles. The van der Waals surface area contributed by atoms with E-state index in [0.717, 1.165) is 12.1 Å². The van der Waals surface area contributed by atoms with Gasteiger partial charge in [0.15, 0.2) is 0 Å². The van der Waals surface area contributed by atoms with Crippen LogP contribution in [0.3, 0.4) is 0 Å². The van der Waals surface area contributed by atoms with Crippen molar-refractivity contribution in [2.75, 3.05) is 5.32 Å². The molecule has 2 aromatic carbocycles. The van der Waals surface area contributed by atoms with Gasteiger partial charge in [-0.3, -0.25) is 4.79 Å². The Hall–Kier alpha value is -3.36. The van der Waals surface area contributed by atoms with E-state index >= 15 is 0 Å². The summed E-state index contributed by atoms with van der Waals surface area (Å²) in [5.74, 6) is 0. The Labute approximate surface area is 151 Å². The second kappa shape index (κ2) is 7.10. The molecule has 27 heavy (non-hydrogen) atoms. The van der Waals surface area contributed by atoms with Crippen molar-refractivity contribution in [3.05, 3.63) is 70.1 Å². The molecule has 0 atom stereocenters. The number of hydrogen-bond donors (Lipinski definition) is 2. The van der Waals surface area contributed by atoms with Crippen LogP contribution >= 0.6 is 0 Å². The van der Waals surface area contributed by atoms with Gasteiger partial charge in [-0.2, -0.15) is 18.3 Å². The first-order valence-electron chi connectivity index (χ1n) is 7.93. The average molecular weight is 376 g/mol. The van der Waals surface area contributed by atoms with Gasteiger partial charge in [0.1, 0.15) is 0 Å². The fraction of sp³-hybridized carbons (Fsp3) is 0.167. The Morgan fingerprint density at radius 2 is 1.81 bits per heavy atom. The maximum atomic E-state index is 12.7. The number of benzene rings is 2. The number of urea groups is 1. The molecule has 2 N–H and O–H groups in total. The van der Waals surface area contributed by atoms with Crippen LogP contribution in [-0.4, -0.2) is 15.8 Å². The minimum absolute atomic E-state index is 0.000567. The first kappa shape index (κ1) is 18.4. The molecule has 1 aromatic heterocycles. The van der Waals surface area contributed by atoms with Crippen LogP contribution in [0.4, 0.5) is 23.7 Å². The van der Waals surface area contributed by atoms with E-state index < -0.39 is 17.8 Å². The molecule has 9 heteroatoms. The van der Waals surface area contributed by atoms with E-state index in [4.69, 9.17) is 0 Å². The Balaban J connectivity index is 1.75. The molecule has 0 spiro atoms. The number of amides is 2. The van der Waals surface area contributed by atoms with E-state index in [-0.39, 0.29) is 17.8 Å². The highest BCUT2D eigenvalue weighted by Gasteiger charge is 2.30. The van der Waals surface area contributed by atoms with Crippen molar-refractivity contribution >= 4 is 22.5 Å². The number of nitrogens with one attached hydrogen (secondary N) is 2. The summed E-state index contributed by atoms with van der Waals surface area (Å²) in [6, 6.07) is 10.5. The summed E-state index contributed by atoms with van der Waals surface area (Å²) in [7, 11) is 1.50. The lowest BCUT2D eigenvalue weighted by Gasteiger charge is -2.12. The van der Waals surface area contributed by atoms with Crippen LogP contribution in [0.15, 0.2) is 53.3 Å². The van der Waals surface area contributed by atoms with Crippen molar-refractivity contribution in [3.63, 3.8) is 0 Å². The number of fused-ring (bicyclic) bond motifs is 1. The topological polar surface area (TPSA) is 76.0 Å². The number of nitrogens with zero attached hydrogens (tertiary/aromatic N) is 2. The van der Waals surface area contributed by atoms with E-state index in [1.165, 1.54) is 23.9 Å². The molecule has 0 bridgehead atoms. The van der Waals surface area contributed by atoms with Gasteiger partial charge in [-0.05, 0) is 24.3 Å². The van der Waals surface area contributed by atoms with Crippen LogP contribution in [0, 0.1) is 0 Å². The molecule has 0 fully saturated rings. The van der Waals surface area contributed by atoms with E-state index in [0.29, 0.717) is 16.5 Å². The highest BCUT2D eigenvalue weighted by molar-refractivity contribution is 5.90. The predicted octanol–water partition coefficient (Wildman–Crippen LogP) is 3.27. The maximum Gasteiger partial charge on any atom is 0.416 e. The molecule has 2 amide bonds. The molecular weight excluding hydrogens is 361 g/mol. The number of rotatable bonds is 3. The summed E-state index contributed by atoms with van der Waals surface area (Å²) in [4.78, 5) is 24.1. The van der Waals surface area contributed by atoms with Crippen molar-refractivity contribution in [2.45, 2.75) is 12.7 Å². The molecule has 0 saturated heterocycles. The van der Waals surface area contributed by atoms with E-state index in [1.807, 2.05) is 0 Å². The zero-order chi connectivity index (χ0) is 19.6. The van der Waals surface area contributed by atoms with E-state index in [1.54, 1.807) is 24.3 Å². The second-order valence-corrected chi connectivity index (χ2v) is 5.81. The third kappa shape index (κ3) is 4.08. The van der Waals surface area contributed by atoms with Gasteiger partial charge in [-0.25, -0.2) is 9.48 Å². The fourth-order valence-corrected chi connectivity index (χ4v) is 2.62. The van der Waals surface area contributed by atoms with Crippen LogP contribution in [0.2, 0.25) is 0 Å². The minimum Gasteiger partial charge on any atom is -0.332 e. The van der Waals surface area contributed by atoms with Crippen molar-refractivity contribution in [1.29, 1.82) is 0 Å². The number of carbonyl (C=O) groups is 1. The summed E-state index contributed by atoms with van der Waals surface area (Å²) < 4.78 is 39.4. The Morgan fingerprint density at radius 3 is 2.52 bits per heavy atom. The van der Waals surface area contributed by atoms with Crippen molar-refractivity contribution < 1.29 is 18.0 Å². The lowest BCUT2D eigenvalue weighted by molar-refractivity contribution is -0.137. The van der Waals surface area contributed by atoms with E-state index in [2.05, 4.69) is 15.7 Å². The van der Waals surface area contributed by atoms with Gasteiger partial charge in [0, 0.05) is 18.1 Å². The van der Waals surface area contributed by atoms with E-state index in [9.17, 15) is 22.8 Å². The summed E-state index contributed by atoms with van der Waals surface area (Å²) in [5.41, 5.74) is -0.638. The number of aromatic nitrogens is 2. The maximum absolute atomic E-state index is 12.7. The number of alkyl halides is 3. The monoisotopic (exact) mass is 376 g/mol. The zero-order valence-electron chi connectivity index (χ0n) is 14.2. The highest BCUT2D eigenvalue weighted by Crippen LogP contribution is 2.30. The summed E-state index contributed by atoms with van der Waals surface area (Å²) >= 11 is 0. The Kier molecular flexibility index (Phi) is 4.85. The SMILES string of the molecule is Cn1nc(CNC(=O)Nc2cccc(C(F)(F)F)c2)c2ccccc2c1=O. The van der Waals surface area contributed by atoms with Crippen molar-refractivity contribution in [1.82, 2.24) is 15.1 Å². The van der Waals surface area contributed by atoms with Crippen LogP contribution < -0.4 is 16.2 Å². The molecule has 0 aliphatic carbocycles. The summed E-state index contributed by atoms with van der Waals surface area (Å²) in [6.45, 7) is -0.000567. The largest absolute Gasteiger partial charge is 0.416 e. The Morgan fingerprint density at radius 1 is 1.11 bits per heavy atom. The van der Waals surface area contributed by atoms with Crippen LogP contribution in [0.5, 0.6) is 0 Å². The number of halogens is 3. The lowest BCUT2D eigenvalue weighted by Crippen LogP contribution is -2.30. The molecule has 0 aliphatic rings. The number of hydrogen-bond acceptors (Lipinski definition) is 3. The molecule has 3 aromatic rings. The molecular formula is C18H15F3N4O2. The normalized spacial score (nSPS) is 11.4. The average Bonchev–Trinajstić information content (AvgIpc) is 2.63. The minimum atomic E-state index is -4.49. The standard InChI is InChI=1S/C18H15F3N4O2/c1-25-16(26)14-8-3-2-7-13(14)15(24-25)10-22-17(27)23-12-6-4-5-11(9-12)18(19,20)21/h2-9H,10H2,1H3,(H2,22,23,27). The molecule has 0 unspecified atom stereocenters. The molecule has 1 heterocycles. The lowest BCUT2D eigenvalue weighted by atomic mass is 10.1. The summed E-state index contributed by atoms with van der Waals surface area (Å²) in [5, 5.41) is 10.1. The van der Waals surface area contributed by atoms with Gasteiger partial charge in [0.2, 0.25) is 0 Å². The summed E-state index contributed by atoms with van der Waals surface area (Å²) in [6.07, 6.45) is -4.49. The molecule has 6 nitrogen and oxygen atoms in total.